The highest BCUT2D eigenvalue weighted by Crippen LogP contribution is 2.43. The average molecular weight is 872 g/mol. The van der Waals surface area contributed by atoms with Crippen molar-refractivity contribution in [1.29, 1.82) is 0 Å². The first-order valence-corrected chi connectivity index (χ1v) is 25.9. The summed E-state index contributed by atoms with van der Waals surface area (Å²) >= 11 is 0. The minimum absolute atomic E-state index is 0.148. The highest BCUT2D eigenvalue weighted by atomic mass is 31.2. The van der Waals surface area contributed by atoms with E-state index in [-0.39, 0.29) is 19.4 Å². The topological polar surface area (TPSA) is 172 Å². The molecule has 352 valence electrons. The smallest absolute Gasteiger partial charge is 0.472 e. The Balaban J connectivity index is 4.26. The Labute approximate surface area is 366 Å². The third-order valence-electron chi connectivity index (χ3n) is 10.7. The van der Waals surface area contributed by atoms with Gasteiger partial charge in [-0.05, 0) is 44.9 Å². The number of carbonyl (C=O) groups is 3. The molecule has 0 fully saturated rings. The first kappa shape index (κ1) is 58.0. The lowest BCUT2D eigenvalue weighted by molar-refractivity contribution is -0.161. The van der Waals surface area contributed by atoms with Gasteiger partial charge in [-0.15, -0.1) is 0 Å². The maximum absolute atomic E-state index is 12.7. The molecular formula is C48H90NO10P. The van der Waals surface area contributed by atoms with E-state index < -0.39 is 51.1 Å². The molecule has 0 aromatic heterocycles. The van der Waals surface area contributed by atoms with Crippen molar-refractivity contribution in [3.05, 3.63) is 24.3 Å². The van der Waals surface area contributed by atoms with E-state index in [1.165, 1.54) is 128 Å². The molecule has 0 aromatic rings. The van der Waals surface area contributed by atoms with Crippen molar-refractivity contribution in [3.8, 4) is 0 Å². The van der Waals surface area contributed by atoms with Gasteiger partial charge in [-0.1, -0.05) is 199 Å². The molecule has 4 N–H and O–H groups in total. The van der Waals surface area contributed by atoms with Gasteiger partial charge in [-0.2, -0.15) is 0 Å². The molecule has 3 unspecified atom stereocenters. The second-order valence-corrected chi connectivity index (χ2v) is 18.1. The zero-order chi connectivity index (χ0) is 44.2. The van der Waals surface area contributed by atoms with Gasteiger partial charge < -0.3 is 25.2 Å². The Morgan fingerprint density at radius 1 is 0.517 bits per heavy atom. The van der Waals surface area contributed by atoms with Crippen LogP contribution in [0, 0.1) is 0 Å². The van der Waals surface area contributed by atoms with Gasteiger partial charge in [0, 0.05) is 12.8 Å². The zero-order valence-electron chi connectivity index (χ0n) is 38.3. The van der Waals surface area contributed by atoms with Crippen molar-refractivity contribution >= 4 is 25.7 Å². The van der Waals surface area contributed by atoms with Gasteiger partial charge in [-0.25, -0.2) is 4.57 Å². The van der Waals surface area contributed by atoms with E-state index in [2.05, 4.69) is 42.7 Å². The zero-order valence-corrected chi connectivity index (χ0v) is 39.2. The third-order valence-corrected chi connectivity index (χ3v) is 11.7. The van der Waals surface area contributed by atoms with Crippen LogP contribution in [-0.4, -0.2) is 59.9 Å². The first-order chi connectivity index (χ1) is 29.1. The Kier molecular flexibility index (Phi) is 42.1. The second-order valence-electron chi connectivity index (χ2n) is 16.6. The second kappa shape index (κ2) is 43.6. The lowest BCUT2D eigenvalue weighted by Crippen LogP contribution is -2.34. The minimum atomic E-state index is -4.72. The Morgan fingerprint density at radius 2 is 0.883 bits per heavy atom. The molecule has 0 rings (SSSR count). The number of ether oxygens (including phenoxy) is 2. The van der Waals surface area contributed by atoms with E-state index in [9.17, 15) is 23.8 Å². The molecule has 0 aromatic carbocycles. The van der Waals surface area contributed by atoms with Gasteiger partial charge in [0.25, 0.3) is 0 Å². The van der Waals surface area contributed by atoms with E-state index in [4.69, 9.17) is 24.8 Å². The van der Waals surface area contributed by atoms with Gasteiger partial charge in [0.15, 0.2) is 6.10 Å². The summed E-state index contributed by atoms with van der Waals surface area (Å²) in [6.45, 7) is 2.81. The van der Waals surface area contributed by atoms with E-state index in [1.807, 2.05) is 0 Å². The SMILES string of the molecule is CCCCCC/C=C\C/C=C\CCCCCCCC(=O)OC(COC(=O)CCCCCCCCCCCCCCCCCCCCCC)COP(=O)(O)OCC(N)C(=O)O. The number of hydrogen-bond acceptors (Lipinski definition) is 9. The number of carbonyl (C=O) groups excluding carboxylic acids is 2. The molecule has 0 spiro atoms. The molecule has 11 nitrogen and oxygen atoms in total. The largest absolute Gasteiger partial charge is 0.480 e. The van der Waals surface area contributed by atoms with Crippen LogP contribution in [-0.2, 0) is 37.5 Å². The van der Waals surface area contributed by atoms with E-state index in [1.54, 1.807) is 0 Å². The van der Waals surface area contributed by atoms with Crippen LogP contribution < -0.4 is 5.73 Å². The molecule has 0 saturated heterocycles. The van der Waals surface area contributed by atoms with Crippen molar-refractivity contribution in [2.24, 2.45) is 5.73 Å². The number of hydrogen-bond donors (Lipinski definition) is 3. The highest BCUT2D eigenvalue weighted by molar-refractivity contribution is 7.47. The van der Waals surface area contributed by atoms with Crippen LogP contribution in [0.3, 0.4) is 0 Å². The molecule has 0 aliphatic carbocycles. The predicted octanol–water partition coefficient (Wildman–Crippen LogP) is 13.4. The van der Waals surface area contributed by atoms with E-state index >= 15 is 0 Å². The Hall–Kier alpha value is -2.04. The van der Waals surface area contributed by atoms with Gasteiger partial charge in [0.1, 0.15) is 12.6 Å². The van der Waals surface area contributed by atoms with Gasteiger partial charge >= 0.3 is 25.7 Å². The van der Waals surface area contributed by atoms with Crippen LogP contribution in [0.2, 0.25) is 0 Å². The molecule has 0 saturated carbocycles. The van der Waals surface area contributed by atoms with Gasteiger partial charge in [-0.3, -0.25) is 23.4 Å². The number of allylic oxidation sites excluding steroid dienone is 4. The third kappa shape index (κ3) is 42.6. The predicted molar refractivity (Wildman–Crippen MR) is 245 cm³/mol. The molecule has 0 amide bonds. The standard InChI is InChI=1S/C48H90NO10P/c1-3-5-7-9-11-13-15-17-19-21-22-23-24-26-27-29-31-33-35-37-39-46(50)56-41-44(42-57-60(54,55)58-43-45(49)48(52)53)59-47(51)40-38-36-34-32-30-28-25-20-18-16-14-12-10-8-6-4-2/h14,16,20,25,44-45H,3-13,15,17-19,21-24,26-43,49H2,1-2H3,(H,52,53)(H,54,55)/b16-14-,25-20-. The molecule has 0 heterocycles. The number of phosphoric ester groups is 1. The maximum Gasteiger partial charge on any atom is 0.472 e. The van der Waals surface area contributed by atoms with Crippen LogP contribution in [0.5, 0.6) is 0 Å². The monoisotopic (exact) mass is 872 g/mol. The number of phosphoric acid groups is 1. The van der Waals surface area contributed by atoms with Crippen molar-refractivity contribution < 1.29 is 47.5 Å². The number of esters is 2. The number of carboxylic acid groups (broad SMARTS) is 1. The molecule has 0 bridgehead atoms. The molecule has 0 aliphatic heterocycles. The molecule has 0 aliphatic rings. The number of aliphatic carboxylic acids is 1. The normalized spacial score (nSPS) is 13.8. The average Bonchev–Trinajstić information content (AvgIpc) is 3.22. The van der Waals surface area contributed by atoms with E-state index in [0.29, 0.717) is 12.8 Å². The van der Waals surface area contributed by atoms with Gasteiger partial charge in [0.2, 0.25) is 0 Å². The van der Waals surface area contributed by atoms with Crippen LogP contribution >= 0.6 is 7.82 Å². The van der Waals surface area contributed by atoms with Crippen molar-refractivity contribution in [2.75, 3.05) is 19.8 Å². The fourth-order valence-electron chi connectivity index (χ4n) is 6.86. The first-order valence-electron chi connectivity index (χ1n) is 24.4. The van der Waals surface area contributed by atoms with Crippen molar-refractivity contribution in [2.45, 2.75) is 244 Å². The number of rotatable bonds is 46. The maximum atomic E-state index is 12.7. The van der Waals surface area contributed by atoms with Crippen LogP contribution in [0.15, 0.2) is 24.3 Å². The molecular weight excluding hydrogens is 781 g/mol. The summed E-state index contributed by atoms with van der Waals surface area (Å²) in [5, 5.41) is 8.91. The van der Waals surface area contributed by atoms with Gasteiger partial charge in [0.05, 0.1) is 13.2 Å². The molecule has 12 heteroatoms. The number of carboxylic acids is 1. The Morgan fingerprint density at radius 3 is 1.32 bits per heavy atom. The lowest BCUT2D eigenvalue weighted by Gasteiger charge is -2.20. The number of unbranched alkanes of at least 4 members (excludes halogenated alkanes) is 28. The summed E-state index contributed by atoms with van der Waals surface area (Å²) in [6.07, 6.45) is 46.7. The quantitative estimate of drug-likeness (QED) is 0.0230. The van der Waals surface area contributed by atoms with Crippen LogP contribution in [0.25, 0.3) is 0 Å². The Bertz CT molecular complexity index is 1120. The van der Waals surface area contributed by atoms with Crippen molar-refractivity contribution in [3.63, 3.8) is 0 Å². The summed E-state index contributed by atoms with van der Waals surface area (Å²) in [7, 11) is -4.72. The summed E-state index contributed by atoms with van der Waals surface area (Å²) in [4.78, 5) is 46.1. The summed E-state index contributed by atoms with van der Waals surface area (Å²) < 4.78 is 32.8. The summed E-state index contributed by atoms with van der Waals surface area (Å²) in [5.74, 6) is -2.38. The fourth-order valence-corrected chi connectivity index (χ4v) is 7.64. The minimum Gasteiger partial charge on any atom is -0.480 e. The summed E-state index contributed by atoms with van der Waals surface area (Å²) in [5.41, 5.74) is 5.34. The molecule has 3 atom stereocenters. The number of nitrogens with two attached hydrogens (primary N) is 1. The lowest BCUT2D eigenvalue weighted by atomic mass is 10.0. The summed E-state index contributed by atoms with van der Waals surface area (Å²) in [6, 6.07) is -1.52. The highest BCUT2D eigenvalue weighted by Gasteiger charge is 2.28. The van der Waals surface area contributed by atoms with Crippen LogP contribution in [0.4, 0.5) is 0 Å². The molecule has 60 heavy (non-hydrogen) atoms. The van der Waals surface area contributed by atoms with E-state index in [0.717, 1.165) is 64.2 Å². The van der Waals surface area contributed by atoms with Crippen LogP contribution in [0.1, 0.15) is 232 Å². The molecule has 0 radical (unpaired) electrons. The fraction of sp³-hybridized carbons (Fsp3) is 0.854. The van der Waals surface area contributed by atoms with Crippen molar-refractivity contribution in [1.82, 2.24) is 0 Å².